The van der Waals surface area contributed by atoms with E-state index in [1.54, 1.807) is 18.4 Å². The molecule has 2 aromatic carbocycles. The molecule has 0 aliphatic carbocycles. The van der Waals surface area contributed by atoms with Crippen LogP contribution in [0.3, 0.4) is 0 Å². The summed E-state index contributed by atoms with van der Waals surface area (Å²) >= 11 is 1.78. The van der Waals surface area contributed by atoms with Crippen molar-refractivity contribution >= 4 is 32.5 Å². The molecule has 0 saturated carbocycles. The first-order valence-corrected chi connectivity index (χ1v) is 7.38. The lowest BCUT2D eigenvalue weighted by molar-refractivity contribution is 0.413. The van der Waals surface area contributed by atoms with Crippen molar-refractivity contribution in [3.05, 3.63) is 60.0 Å². The third-order valence-corrected chi connectivity index (χ3v) is 4.54. The van der Waals surface area contributed by atoms with Crippen molar-refractivity contribution in [1.29, 1.82) is 0 Å². The quantitative estimate of drug-likeness (QED) is 0.511. The molecule has 0 amide bonds. The Morgan fingerprint density at radius 3 is 2.60 bits per heavy atom. The summed E-state index contributed by atoms with van der Waals surface area (Å²) in [5.41, 5.74) is 3.54. The van der Waals surface area contributed by atoms with Gasteiger partial charge in [-0.1, -0.05) is 30.3 Å². The van der Waals surface area contributed by atoms with Crippen LogP contribution in [0.2, 0.25) is 0 Å². The van der Waals surface area contributed by atoms with Gasteiger partial charge in [-0.15, -0.1) is 11.3 Å². The summed E-state index contributed by atoms with van der Waals surface area (Å²) in [7, 11) is 1.72. The third-order valence-electron chi connectivity index (χ3n) is 3.60. The SMILES string of the molecule is COc1ccccc1-n1c2ccccc2c2sccc21. The predicted octanol–water partition coefficient (Wildman–Crippen LogP) is 4.85. The summed E-state index contributed by atoms with van der Waals surface area (Å²) in [5, 5.41) is 3.44. The van der Waals surface area contributed by atoms with Crippen molar-refractivity contribution in [1.82, 2.24) is 4.57 Å². The predicted molar refractivity (Wildman–Crippen MR) is 85.2 cm³/mol. The van der Waals surface area contributed by atoms with Gasteiger partial charge in [-0.3, -0.25) is 0 Å². The molecule has 2 aromatic heterocycles. The average Bonchev–Trinajstić information content (AvgIpc) is 3.07. The van der Waals surface area contributed by atoms with Crippen LogP contribution in [0.5, 0.6) is 5.75 Å². The Morgan fingerprint density at radius 1 is 0.900 bits per heavy atom. The highest BCUT2D eigenvalue weighted by molar-refractivity contribution is 7.18. The first-order valence-electron chi connectivity index (χ1n) is 6.50. The molecular formula is C17H13NOS. The summed E-state index contributed by atoms with van der Waals surface area (Å²) in [6.07, 6.45) is 0. The molecule has 0 aliphatic rings. The van der Waals surface area contributed by atoms with Crippen LogP contribution in [0.4, 0.5) is 0 Å². The number of rotatable bonds is 2. The Labute approximate surface area is 120 Å². The fourth-order valence-electron chi connectivity index (χ4n) is 2.74. The molecular weight excluding hydrogens is 266 g/mol. The second kappa shape index (κ2) is 4.39. The molecule has 20 heavy (non-hydrogen) atoms. The van der Waals surface area contributed by atoms with Gasteiger partial charge in [0.25, 0.3) is 0 Å². The zero-order chi connectivity index (χ0) is 13.5. The zero-order valence-corrected chi connectivity index (χ0v) is 11.9. The Hall–Kier alpha value is -2.26. The lowest BCUT2D eigenvalue weighted by Crippen LogP contribution is -1.96. The van der Waals surface area contributed by atoms with Gasteiger partial charge in [-0.05, 0) is 29.6 Å². The first kappa shape index (κ1) is 11.6. The summed E-state index contributed by atoms with van der Waals surface area (Å²) < 4.78 is 9.13. The highest BCUT2D eigenvalue weighted by Crippen LogP contribution is 2.37. The lowest BCUT2D eigenvalue weighted by atomic mass is 10.2. The van der Waals surface area contributed by atoms with E-state index >= 15 is 0 Å². The summed E-state index contributed by atoms with van der Waals surface area (Å²) in [5.74, 6) is 0.890. The van der Waals surface area contributed by atoms with Gasteiger partial charge in [0.1, 0.15) is 5.75 Å². The number of aromatic nitrogens is 1. The number of hydrogen-bond donors (Lipinski definition) is 0. The van der Waals surface area contributed by atoms with Crippen LogP contribution in [0.15, 0.2) is 60.0 Å². The molecule has 0 bridgehead atoms. The number of thiophene rings is 1. The molecule has 0 aliphatic heterocycles. The van der Waals surface area contributed by atoms with Crippen LogP contribution < -0.4 is 4.74 Å². The molecule has 3 heteroatoms. The topological polar surface area (TPSA) is 14.2 Å². The van der Waals surface area contributed by atoms with Crippen molar-refractivity contribution in [3.8, 4) is 11.4 Å². The van der Waals surface area contributed by atoms with Gasteiger partial charge in [-0.25, -0.2) is 0 Å². The zero-order valence-electron chi connectivity index (χ0n) is 11.0. The van der Waals surface area contributed by atoms with E-state index in [0.29, 0.717) is 0 Å². The molecule has 0 N–H and O–H groups in total. The van der Waals surface area contributed by atoms with Crippen molar-refractivity contribution in [2.75, 3.05) is 7.11 Å². The number of fused-ring (bicyclic) bond motifs is 3. The van der Waals surface area contributed by atoms with E-state index in [4.69, 9.17) is 4.74 Å². The number of hydrogen-bond acceptors (Lipinski definition) is 2. The van der Waals surface area contributed by atoms with Crippen molar-refractivity contribution in [3.63, 3.8) is 0 Å². The van der Waals surface area contributed by atoms with Crippen molar-refractivity contribution in [2.45, 2.75) is 0 Å². The summed E-state index contributed by atoms with van der Waals surface area (Å²) in [4.78, 5) is 0. The maximum Gasteiger partial charge on any atom is 0.142 e. The number of methoxy groups -OCH3 is 1. The van der Waals surface area contributed by atoms with Crippen molar-refractivity contribution in [2.24, 2.45) is 0 Å². The summed E-state index contributed by atoms with van der Waals surface area (Å²) in [6, 6.07) is 18.8. The van der Waals surface area contributed by atoms with E-state index < -0.39 is 0 Å². The Balaban J connectivity index is 2.18. The van der Waals surface area contributed by atoms with Gasteiger partial charge >= 0.3 is 0 Å². The maximum absolute atomic E-state index is 5.53. The normalized spacial score (nSPS) is 11.2. The fraction of sp³-hybridized carbons (Fsp3) is 0.0588. The number of benzene rings is 2. The minimum atomic E-state index is 0.890. The highest BCUT2D eigenvalue weighted by atomic mass is 32.1. The maximum atomic E-state index is 5.53. The van der Waals surface area contributed by atoms with E-state index in [1.807, 2.05) is 18.2 Å². The molecule has 98 valence electrons. The Bertz CT molecular complexity index is 904. The van der Waals surface area contributed by atoms with E-state index in [0.717, 1.165) is 11.4 Å². The molecule has 0 fully saturated rings. The van der Waals surface area contributed by atoms with Crippen LogP contribution in [0.25, 0.3) is 26.8 Å². The number of ether oxygens (including phenoxy) is 1. The van der Waals surface area contributed by atoms with Crippen LogP contribution in [0.1, 0.15) is 0 Å². The largest absolute Gasteiger partial charge is 0.495 e. The van der Waals surface area contributed by atoms with Crippen LogP contribution >= 0.6 is 11.3 Å². The molecule has 4 rings (SSSR count). The van der Waals surface area contributed by atoms with Gasteiger partial charge in [0.2, 0.25) is 0 Å². The molecule has 0 spiro atoms. The highest BCUT2D eigenvalue weighted by Gasteiger charge is 2.14. The summed E-state index contributed by atoms with van der Waals surface area (Å²) in [6.45, 7) is 0. The van der Waals surface area contributed by atoms with Gasteiger partial charge in [0.15, 0.2) is 0 Å². The Morgan fingerprint density at radius 2 is 1.70 bits per heavy atom. The van der Waals surface area contributed by atoms with Gasteiger partial charge in [0.05, 0.1) is 28.5 Å². The Kier molecular flexibility index (Phi) is 2.54. The molecule has 0 radical (unpaired) electrons. The molecule has 0 unspecified atom stereocenters. The van der Waals surface area contributed by atoms with Gasteiger partial charge in [0, 0.05) is 5.39 Å². The van der Waals surface area contributed by atoms with E-state index in [2.05, 4.69) is 46.3 Å². The molecule has 4 aromatic rings. The van der Waals surface area contributed by atoms with E-state index in [-0.39, 0.29) is 0 Å². The third kappa shape index (κ3) is 1.50. The monoisotopic (exact) mass is 279 g/mol. The lowest BCUT2D eigenvalue weighted by Gasteiger charge is -2.11. The van der Waals surface area contributed by atoms with Crippen molar-refractivity contribution < 1.29 is 4.74 Å². The minimum Gasteiger partial charge on any atom is -0.495 e. The van der Waals surface area contributed by atoms with Crippen LogP contribution in [-0.2, 0) is 0 Å². The average molecular weight is 279 g/mol. The number of para-hydroxylation sites is 3. The van der Waals surface area contributed by atoms with Crippen LogP contribution in [-0.4, -0.2) is 11.7 Å². The smallest absolute Gasteiger partial charge is 0.142 e. The second-order valence-corrected chi connectivity index (χ2v) is 5.58. The fourth-order valence-corrected chi connectivity index (χ4v) is 3.66. The minimum absolute atomic E-state index is 0.890. The molecule has 0 atom stereocenters. The van der Waals surface area contributed by atoms with Gasteiger partial charge < -0.3 is 9.30 Å². The molecule has 0 saturated heterocycles. The molecule has 2 nitrogen and oxygen atoms in total. The molecule has 2 heterocycles. The number of nitrogens with zero attached hydrogens (tertiary/aromatic N) is 1. The second-order valence-electron chi connectivity index (χ2n) is 4.66. The van der Waals surface area contributed by atoms with E-state index in [1.165, 1.54) is 21.1 Å². The standard InChI is InChI=1S/C17H13NOS/c1-19-16-9-5-4-8-14(16)18-13-7-3-2-6-12(13)17-15(18)10-11-20-17/h2-11H,1H3. The van der Waals surface area contributed by atoms with Crippen LogP contribution in [0, 0.1) is 0 Å². The first-order chi connectivity index (χ1) is 9.90. The van der Waals surface area contributed by atoms with E-state index in [9.17, 15) is 0 Å². The van der Waals surface area contributed by atoms with Gasteiger partial charge in [-0.2, -0.15) is 0 Å².